The molecule has 1 aromatic rings. The number of likely N-dealkylation sites (tertiary alicyclic amines) is 1. The van der Waals surface area contributed by atoms with E-state index in [9.17, 15) is 13.2 Å². The van der Waals surface area contributed by atoms with Crippen LogP contribution >= 0.6 is 0 Å². The van der Waals surface area contributed by atoms with E-state index in [4.69, 9.17) is 0 Å². The summed E-state index contributed by atoms with van der Waals surface area (Å²) in [5.41, 5.74) is 3.46. The summed E-state index contributed by atoms with van der Waals surface area (Å²) in [6, 6.07) is 5.06. The average Bonchev–Trinajstić information content (AvgIpc) is 3.21. The van der Waals surface area contributed by atoms with Gasteiger partial charge in [0.2, 0.25) is 10.0 Å². The first kappa shape index (κ1) is 20.6. The fraction of sp³-hybridized carbons (Fsp3) is 0.591. The third-order valence-corrected chi connectivity index (χ3v) is 7.87. The Morgan fingerprint density at radius 2 is 1.69 bits per heavy atom. The Bertz CT molecular complexity index is 907. The minimum Gasteiger partial charge on any atom is -0.311 e. The van der Waals surface area contributed by atoms with Gasteiger partial charge in [-0.15, -0.1) is 0 Å². The van der Waals surface area contributed by atoms with Crippen molar-refractivity contribution in [3.63, 3.8) is 0 Å². The van der Waals surface area contributed by atoms with E-state index in [0.29, 0.717) is 6.54 Å². The van der Waals surface area contributed by atoms with Crippen LogP contribution in [0.4, 0.5) is 5.69 Å². The number of allylic oxidation sites excluding steroid dienone is 1. The summed E-state index contributed by atoms with van der Waals surface area (Å²) in [4.78, 5) is 17.0. The molecule has 1 aromatic carbocycles. The summed E-state index contributed by atoms with van der Waals surface area (Å²) in [5, 5.41) is 0. The number of benzene rings is 1. The highest BCUT2D eigenvalue weighted by atomic mass is 32.2. The summed E-state index contributed by atoms with van der Waals surface area (Å²) in [5.74, 6) is -0.0134. The molecule has 4 rings (SSSR count). The SMILES string of the molecule is CN1C(=O)C(=C2CCCC2)c2cc(S(=O)(=O)NCCN3CCCCCC3)ccc21. The Morgan fingerprint density at radius 1 is 1.00 bits per heavy atom. The zero-order chi connectivity index (χ0) is 20.4. The van der Waals surface area contributed by atoms with E-state index in [1.54, 1.807) is 30.1 Å². The number of rotatable bonds is 5. The fourth-order valence-corrected chi connectivity index (χ4v) is 5.79. The molecule has 0 radical (unpaired) electrons. The third-order valence-electron chi connectivity index (χ3n) is 6.41. The number of amides is 1. The molecule has 2 fully saturated rings. The van der Waals surface area contributed by atoms with Crippen LogP contribution in [0.1, 0.15) is 56.9 Å². The normalized spacial score (nSPS) is 21.0. The highest BCUT2D eigenvalue weighted by Crippen LogP contribution is 2.42. The molecule has 0 atom stereocenters. The molecule has 158 valence electrons. The number of nitrogens with one attached hydrogen (secondary N) is 1. The Labute approximate surface area is 174 Å². The molecule has 0 bridgehead atoms. The van der Waals surface area contributed by atoms with Crippen molar-refractivity contribution in [3.8, 4) is 0 Å². The van der Waals surface area contributed by atoms with Crippen LogP contribution in [0.5, 0.6) is 0 Å². The molecule has 3 aliphatic rings. The van der Waals surface area contributed by atoms with E-state index in [-0.39, 0.29) is 10.8 Å². The molecule has 29 heavy (non-hydrogen) atoms. The van der Waals surface area contributed by atoms with E-state index in [0.717, 1.165) is 62.1 Å². The first-order valence-corrected chi connectivity index (χ1v) is 12.3. The average molecular weight is 418 g/mol. The maximum atomic E-state index is 12.9. The van der Waals surface area contributed by atoms with Gasteiger partial charge in [0.1, 0.15) is 0 Å². The van der Waals surface area contributed by atoms with Gasteiger partial charge in [0.15, 0.2) is 0 Å². The number of fused-ring (bicyclic) bond motifs is 1. The van der Waals surface area contributed by atoms with Gasteiger partial charge in [0.05, 0.1) is 10.6 Å². The van der Waals surface area contributed by atoms with Gasteiger partial charge in [-0.3, -0.25) is 4.79 Å². The molecule has 1 saturated carbocycles. The topological polar surface area (TPSA) is 69.7 Å². The van der Waals surface area contributed by atoms with Crippen molar-refractivity contribution in [3.05, 3.63) is 29.3 Å². The molecule has 1 amide bonds. The van der Waals surface area contributed by atoms with Crippen LogP contribution in [-0.2, 0) is 14.8 Å². The monoisotopic (exact) mass is 417 g/mol. The molecule has 6 nitrogen and oxygen atoms in total. The van der Waals surface area contributed by atoms with Gasteiger partial charge in [-0.25, -0.2) is 13.1 Å². The predicted molar refractivity (Wildman–Crippen MR) is 115 cm³/mol. The van der Waals surface area contributed by atoms with Gasteiger partial charge < -0.3 is 9.80 Å². The van der Waals surface area contributed by atoms with Gasteiger partial charge in [0, 0.05) is 31.3 Å². The largest absolute Gasteiger partial charge is 0.311 e. The van der Waals surface area contributed by atoms with Crippen molar-refractivity contribution in [2.24, 2.45) is 0 Å². The van der Waals surface area contributed by atoms with E-state index in [1.807, 2.05) is 0 Å². The highest BCUT2D eigenvalue weighted by molar-refractivity contribution is 7.89. The predicted octanol–water partition coefficient (Wildman–Crippen LogP) is 3.14. The van der Waals surface area contributed by atoms with Crippen LogP contribution < -0.4 is 9.62 Å². The van der Waals surface area contributed by atoms with Crippen molar-refractivity contribution >= 4 is 27.2 Å². The van der Waals surface area contributed by atoms with E-state index >= 15 is 0 Å². The van der Waals surface area contributed by atoms with Crippen molar-refractivity contribution in [2.45, 2.75) is 56.3 Å². The fourth-order valence-electron chi connectivity index (χ4n) is 4.74. The van der Waals surface area contributed by atoms with Crippen molar-refractivity contribution in [1.29, 1.82) is 0 Å². The standard InChI is InChI=1S/C22H31N3O3S/c1-24-20-11-10-18(16-19(20)21(22(24)26)17-8-4-5-9-17)29(27,28)23-12-15-25-13-6-2-3-7-14-25/h10-11,16,23H,2-9,12-15H2,1H3. The summed E-state index contributed by atoms with van der Waals surface area (Å²) in [6.07, 6.45) is 8.97. The molecule has 0 unspecified atom stereocenters. The highest BCUT2D eigenvalue weighted by Gasteiger charge is 2.34. The van der Waals surface area contributed by atoms with Crippen LogP contribution in [0.25, 0.3) is 5.57 Å². The maximum absolute atomic E-state index is 12.9. The second-order valence-corrected chi connectivity index (χ2v) is 10.1. The number of carbonyl (C=O) groups excluding carboxylic acids is 1. The number of nitrogens with zero attached hydrogens (tertiary/aromatic N) is 2. The zero-order valence-corrected chi connectivity index (χ0v) is 18.1. The minimum atomic E-state index is -3.60. The second kappa shape index (κ2) is 8.58. The first-order chi connectivity index (χ1) is 14.0. The third kappa shape index (κ3) is 4.27. The minimum absolute atomic E-state index is 0.0134. The van der Waals surface area contributed by atoms with Gasteiger partial charge in [-0.05, 0) is 69.8 Å². The summed E-state index contributed by atoms with van der Waals surface area (Å²) in [7, 11) is -1.84. The van der Waals surface area contributed by atoms with Gasteiger partial charge >= 0.3 is 0 Å². The van der Waals surface area contributed by atoms with Gasteiger partial charge in [-0.1, -0.05) is 18.4 Å². The van der Waals surface area contributed by atoms with E-state index in [1.165, 1.54) is 31.3 Å². The molecule has 0 spiro atoms. The van der Waals surface area contributed by atoms with Crippen LogP contribution in [-0.4, -0.2) is 52.5 Å². The quantitative estimate of drug-likeness (QED) is 0.748. The number of anilines is 1. The molecular formula is C22H31N3O3S. The molecular weight excluding hydrogens is 386 g/mol. The molecule has 7 heteroatoms. The van der Waals surface area contributed by atoms with Crippen molar-refractivity contribution < 1.29 is 13.2 Å². The lowest BCUT2D eigenvalue weighted by molar-refractivity contribution is -0.112. The molecule has 1 N–H and O–H groups in total. The second-order valence-electron chi connectivity index (χ2n) is 8.38. The van der Waals surface area contributed by atoms with Crippen molar-refractivity contribution in [1.82, 2.24) is 9.62 Å². The molecule has 0 aromatic heterocycles. The lowest BCUT2D eigenvalue weighted by Crippen LogP contribution is -2.35. The number of hydrogen-bond acceptors (Lipinski definition) is 4. The molecule has 1 aliphatic carbocycles. The Morgan fingerprint density at radius 3 is 2.38 bits per heavy atom. The summed E-state index contributed by atoms with van der Waals surface area (Å²) in [6.45, 7) is 3.24. The summed E-state index contributed by atoms with van der Waals surface area (Å²) < 4.78 is 28.5. The van der Waals surface area contributed by atoms with Crippen LogP contribution in [0, 0.1) is 0 Å². The Hall–Kier alpha value is -1.70. The van der Waals surface area contributed by atoms with Gasteiger partial charge in [0.25, 0.3) is 5.91 Å². The van der Waals surface area contributed by atoms with Crippen LogP contribution in [0.2, 0.25) is 0 Å². The smallest absolute Gasteiger partial charge is 0.258 e. The van der Waals surface area contributed by atoms with E-state index in [2.05, 4.69) is 9.62 Å². The van der Waals surface area contributed by atoms with E-state index < -0.39 is 10.0 Å². The number of sulfonamides is 1. The number of hydrogen-bond donors (Lipinski definition) is 1. The van der Waals surface area contributed by atoms with Crippen molar-refractivity contribution in [2.75, 3.05) is 38.1 Å². The first-order valence-electron chi connectivity index (χ1n) is 10.8. The summed E-state index contributed by atoms with van der Waals surface area (Å²) >= 11 is 0. The lowest BCUT2D eigenvalue weighted by Gasteiger charge is -2.19. The number of likely N-dealkylation sites (N-methyl/N-ethyl adjacent to an activating group) is 1. The lowest BCUT2D eigenvalue weighted by atomic mass is 10.00. The van der Waals surface area contributed by atoms with Crippen LogP contribution in [0.3, 0.4) is 0 Å². The van der Waals surface area contributed by atoms with Crippen LogP contribution in [0.15, 0.2) is 28.7 Å². The Kier molecular flexibility index (Phi) is 6.08. The maximum Gasteiger partial charge on any atom is 0.258 e. The van der Waals surface area contributed by atoms with Gasteiger partial charge in [-0.2, -0.15) is 0 Å². The molecule has 2 heterocycles. The Balaban J connectivity index is 1.52. The molecule has 1 saturated heterocycles. The molecule has 2 aliphatic heterocycles. The zero-order valence-electron chi connectivity index (χ0n) is 17.2. The number of carbonyl (C=O) groups is 1.